The van der Waals surface area contributed by atoms with E-state index in [4.69, 9.17) is 48.3 Å². The van der Waals surface area contributed by atoms with Gasteiger partial charge >= 0.3 is 5.97 Å². The quantitative estimate of drug-likeness (QED) is 0.00961. The van der Waals surface area contributed by atoms with Gasteiger partial charge < -0.3 is 20.9 Å². The van der Waals surface area contributed by atoms with Crippen LogP contribution in [0, 0.1) is 79.8 Å². The highest BCUT2D eigenvalue weighted by atomic mass is 79.9. The van der Waals surface area contributed by atoms with Gasteiger partial charge in [0.05, 0.1) is 70.7 Å². The summed E-state index contributed by atoms with van der Waals surface area (Å²) in [5.41, 5.74) is 29.1. The van der Waals surface area contributed by atoms with E-state index in [2.05, 4.69) is 153 Å². The third-order valence-corrected chi connectivity index (χ3v) is 18.4. The highest BCUT2D eigenvalue weighted by molar-refractivity contribution is 9.08. The Morgan fingerprint density at radius 2 is 0.744 bits per heavy atom. The number of nitriles is 4. The molecule has 0 heterocycles. The molecule has 2 atom stereocenters. The summed E-state index contributed by atoms with van der Waals surface area (Å²) in [6.07, 6.45) is 0.976. The highest BCUT2D eigenvalue weighted by Crippen LogP contribution is 2.32. The monoisotopic (exact) mass is 1690 g/mol. The first-order valence-corrected chi connectivity index (χ1v) is 39.6. The van der Waals surface area contributed by atoms with Crippen molar-refractivity contribution in [3.8, 4) is 69.2 Å². The van der Waals surface area contributed by atoms with Crippen LogP contribution in [-0.2, 0) is 18.2 Å². The number of halogens is 7. The molecule has 0 amide bonds. The summed E-state index contributed by atoms with van der Waals surface area (Å²) >= 11 is 9.34. The van der Waals surface area contributed by atoms with Gasteiger partial charge in [-0.2, -0.15) is 29.8 Å². The van der Waals surface area contributed by atoms with Crippen molar-refractivity contribution < 1.29 is 36.2 Å². The number of rotatable bonds is 20. The lowest BCUT2D eigenvalue weighted by molar-refractivity contribution is 0.0715. The van der Waals surface area contributed by atoms with Crippen LogP contribution in [0.15, 0.2) is 374 Å². The van der Waals surface area contributed by atoms with Gasteiger partial charge in [0.15, 0.2) is 0 Å². The van der Waals surface area contributed by atoms with Crippen molar-refractivity contribution in [3.05, 3.63) is 454 Å². The molecular weight excluding hydrogens is 1610 g/mol. The van der Waals surface area contributed by atoms with Crippen LogP contribution >= 0.6 is 27.5 Å². The Kier molecular flexibility index (Phi) is 38.3. The lowest BCUT2D eigenvalue weighted by Crippen LogP contribution is -2.19. The molecule has 12 nitrogen and oxygen atoms in total. The van der Waals surface area contributed by atoms with Crippen molar-refractivity contribution in [1.82, 2.24) is 0 Å². The standard InChI is InChI=1S/C28H22N2.C16H10ClF5O3.C15H12N2.C15H14N2.C13H11Br.C13H11N.C2H4N2/c29-21-27(20-22-16-18-24(19-17-22)23-10-4-1-5-11-23)30-28(25-12-6-2-7-13-25)26-14-8-3-9-15-26;1-6(2)24-9-4-3-7(5-8(9)17)16(23)25-15-13(21)11(19)10(18)12(20)14(15)22;16-11-12-17-15(13-7-3-1-4-8-13)14-9-5-2-6-10-14;16-11-15(17)10-12-6-8-14(9-7-12)13-4-2-1-3-5-13;14-10-11-6-8-13(9-7-11)12-4-2-1-3-5-12;14-13(11-7-3-1-4-8-11)12-9-5-2-6-10-12;3-1-2-4/h1-19,27H,20H2;3-6H,1-2H3;1-10H,12H2;1-9,15H,10,17H2;1-9H,10H2;1-10,14H;1,3H2. The minimum absolute atomic E-state index is 0.000520. The number of esters is 1. The van der Waals surface area contributed by atoms with Gasteiger partial charge in [-0.1, -0.05) is 373 Å². The molecule has 0 saturated carbocycles. The summed E-state index contributed by atoms with van der Waals surface area (Å²) in [5.74, 6) is -14.1. The molecule has 604 valence electrons. The Labute approximate surface area is 716 Å². The zero-order valence-electron chi connectivity index (χ0n) is 66.1. The molecule has 0 bridgehead atoms. The molecule has 2 unspecified atom stereocenters. The number of hydrogen-bond donors (Lipinski definition) is 3. The molecule has 0 fully saturated rings. The lowest BCUT2D eigenvalue weighted by Gasteiger charge is -2.12. The van der Waals surface area contributed by atoms with Crippen LogP contribution in [0.1, 0.15) is 74.3 Å². The van der Waals surface area contributed by atoms with Gasteiger partial charge in [-0.3, -0.25) is 15.4 Å². The van der Waals surface area contributed by atoms with E-state index in [-0.39, 0.29) is 35.5 Å². The summed E-state index contributed by atoms with van der Waals surface area (Å²) in [6.45, 7) is 3.78. The molecule has 0 aliphatic carbocycles. The van der Waals surface area contributed by atoms with E-state index in [0.29, 0.717) is 18.6 Å². The van der Waals surface area contributed by atoms with Gasteiger partial charge in [-0.15, -0.1) is 0 Å². The number of nitrogens with zero attached hydrogens (tertiary/aromatic N) is 6. The number of benzene rings is 14. The topological polar surface area (TPSA) is 231 Å². The zero-order valence-corrected chi connectivity index (χ0v) is 68.5. The van der Waals surface area contributed by atoms with Crippen LogP contribution in [0.25, 0.3) is 33.4 Å². The Balaban J connectivity index is 0.000000183. The molecule has 0 aliphatic rings. The molecule has 14 rings (SSSR count). The fourth-order valence-corrected chi connectivity index (χ4v) is 12.1. The largest absolute Gasteiger partial charge is 0.489 e. The zero-order chi connectivity index (χ0) is 86.5. The van der Waals surface area contributed by atoms with Crippen LogP contribution in [0.2, 0.25) is 5.02 Å². The second-order valence-corrected chi connectivity index (χ2v) is 27.4. The number of hydrogen-bond acceptors (Lipinski definition) is 12. The molecule has 14 aromatic carbocycles. The normalized spacial score (nSPS) is 10.5. The average Bonchev–Trinajstić information content (AvgIpc) is 0.796. The lowest BCUT2D eigenvalue weighted by atomic mass is 9.99. The van der Waals surface area contributed by atoms with E-state index in [0.717, 1.165) is 73.4 Å². The van der Waals surface area contributed by atoms with E-state index in [9.17, 15) is 32.0 Å². The Bertz CT molecular complexity index is 5620. The fourth-order valence-electron chi connectivity index (χ4n) is 11.5. The fraction of sp³-hybridized carbons (Fsp3) is 0.0980. The second kappa shape index (κ2) is 50.3. The van der Waals surface area contributed by atoms with Crippen LogP contribution in [0.4, 0.5) is 22.0 Å². The van der Waals surface area contributed by atoms with E-state index >= 15 is 0 Å². The van der Waals surface area contributed by atoms with Crippen molar-refractivity contribution >= 4 is 50.6 Å². The number of alkyl halides is 1. The molecule has 0 radical (unpaired) electrons. The minimum atomic E-state index is -2.35. The SMILES string of the molecule is BrCc1ccc(-c2ccccc2)cc1.CC(C)Oc1ccc(C(=O)Oc2c(F)c(F)c(F)c(F)c2F)cc1Cl.N#CC(Cc1ccc(-c2ccccc2)cc1)N=C(c1ccccc1)c1ccccc1.N#CC(N)Cc1ccc(-c2ccccc2)cc1.N#CCN.N#CCN=C(c1ccccc1)c1ccccc1.N=C(c1ccccc1)c1ccccc1. The summed E-state index contributed by atoms with van der Waals surface area (Å²) in [7, 11) is 0. The summed E-state index contributed by atoms with van der Waals surface area (Å²) in [6, 6.07) is 126. The summed E-state index contributed by atoms with van der Waals surface area (Å²) in [5, 5.41) is 43.5. The van der Waals surface area contributed by atoms with Crippen LogP contribution in [0.5, 0.6) is 11.5 Å². The van der Waals surface area contributed by atoms with E-state index in [1.165, 1.54) is 45.0 Å². The number of aliphatic imine (C=N–C) groups is 2. The first kappa shape index (κ1) is 92.2. The van der Waals surface area contributed by atoms with Crippen molar-refractivity contribution in [2.24, 2.45) is 21.5 Å². The molecule has 0 spiro atoms. The maximum atomic E-state index is 13.5. The van der Waals surface area contributed by atoms with E-state index in [1.807, 2.05) is 243 Å². The summed E-state index contributed by atoms with van der Waals surface area (Å²) in [4.78, 5) is 21.1. The molecule has 0 aliphatic heterocycles. The molecule has 0 saturated heterocycles. The van der Waals surface area contributed by atoms with Gasteiger partial charge in [0, 0.05) is 40.4 Å². The van der Waals surface area contributed by atoms with Crippen molar-refractivity contribution in [3.63, 3.8) is 0 Å². The van der Waals surface area contributed by atoms with Crippen LogP contribution in [-0.4, -0.2) is 54.4 Å². The number of carbonyl (C=O) groups is 1. The number of nitrogens with one attached hydrogen (secondary N) is 1. The van der Waals surface area contributed by atoms with Gasteiger partial charge in [0.1, 0.15) is 18.3 Å². The van der Waals surface area contributed by atoms with Crippen LogP contribution in [0.3, 0.4) is 0 Å². The van der Waals surface area contributed by atoms with Crippen molar-refractivity contribution in [1.29, 1.82) is 26.5 Å². The first-order valence-electron chi connectivity index (χ1n) is 38.1. The van der Waals surface area contributed by atoms with Gasteiger partial charge in [0.25, 0.3) is 0 Å². The first-order chi connectivity index (χ1) is 58.9. The number of ether oxygens (including phenoxy) is 2. The minimum Gasteiger partial charge on any atom is -0.489 e. The van der Waals surface area contributed by atoms with E-state index in [1.54, 1.807) is 19.9 Å². The summed E-state index contributed by atoms with van der Waals surface area (Å²) < 4.78 is 75.9. The smallest absolute Gasteiger partial charge is 0.343 e. The van der Waals surface area contributed by atoms with E-state index < -0.39 is 52.9 Å². The third-order valence-electron chi connectivity index (χ3n) is 17.4. The Morgan fingerprint density at radius 3 is 1.07 bits per heavy atom. The molecule has 14 aromatic rings. The maximum Gasteiger partial charge on any atom is 0.343 e. The predicted octanol–water partition coefficient (Wildman–Crippen LogP) is 24.0. The van der Waals surface area contributed by atoms with Gasteiger partial charge in [-0.25, -0.2) is 18.0 Å². The number of nitrogens with two attached hydrogens (primary N) is 2. The molecule has 0 aromatic heterocycles. The van der Waals surface area contributed by atoms with Crippen molar-refractivity contribution in [2.45, 2.75) is 50.2 Å². The Hall–Kier alpha value is -14.3. The van der Waals surface area contributed by atoms with Gasteiger partial charge in [0.2, 0.25) is 34.8 Å². The number of carbonyl (C=O) groups excluding carboxylic acids is 1. The predicted molar refractivity (Wildman–Crippen MR) is 478 cm³/mol. The van der Waals surface area contributed by atoms with Crippen LogP contribution < -0.4 is 20.9 Å². The third kappa shape index (κ3) is 29.7. The molecule has 19 heteroatoms. The molecular formula is C102H84BrClF5N9O3. The molecule has 5 N–H and O–H groups in total. The maximum absolute atomic E-state index is 13.5. The second-order valence-electron chi connectivity index (χ2n) is 26.4. The highest BCUT2D eigenvalue weighted by Gasteiger charge is 2.29. The van der Waals surface area contributed by atoms with Crippen molar-refractivity contribution in [2.75, 3.05) is 13.1 Å². The Morgan fingerprint density at radius 1 is 0.421 bits per heavy atom. The molecule has 121 heavy (non-hydrogen) atoms. The van der Waals surface area contributed by atoms with Gasteiger partial charge in [-0.05, 0) is 93.2 Å². The average molecular weight is 1690 g/mol.